The summed E-state index contributed by atoms with van der Waals surface area (Å²) in [5.74, 6) is -0.593. The summed E-state index contributed by atoms with van der Waals surface area (Å²) in [5.41, 5.74) is 4.09. The molecule has 0 bridgehead atoms. The third-order valence-electron chi connectivity index (χ3n) is 4.35. The van der Waals surface area contributed by atoms with E-state index in [0.29, 0.717) is 5.71 Å². The second-order valence-electron chi connectivity index (χ2n) is 6.52. The van der Waals surface area contributed by atoms with Gasteiger partial charge in [0.05, 0.1) is 21.3 Å². The Morgan fingerprint density at radius 3 is 2.26 bits per heavy atom. The maximum absolute atomic E-state index is 13.3. The first-order valence-electron chi connectivity index (χ1n) is 9.20. The molecule has 3 rings (SSSR count). The van der Waals surface area contributed by atoms with Crippen LogP contribution >= 0.6 is 34.2 Å². The molecule has 0 spiro atoms. The van der Waals surface area contributed by atoms with Gasteiger partial charge in [-0.25, -0.2) is 13.8 Å². The minimum Gasteiger partial charge on any atom is -0.271 e. The van der Waals surface area contributed by atoms with Gasteiger partial charge in [-0.2, -0.15) is 5.10 Å². The molecule has 0 aliphatic rings. The summed E-state index contributed by atoms with van der Waals surface area (Å²) in [7, 11) is -4.03. The summed E-state index contributed by atoms with van der Waals surface area (Å²) in [4.78, 5) is 12.7. The number of hydrogen-bond donors (Lipinski definition) is 1. The third kappa shape index (κ3) is 5.84. The van der Waals surface area contributed by atoms with E-state index < -0.39 is 22.5 Å². The van der Waals surface area contributed by atoms with Crippen molar-refractivity contribution in [1.29, 1.82) is 0 Å². The summed E-state index contributed by atoms with van der Waals surface area (Å²) in [6.45, 7) is 1.28. The Balaban J connectivity index is 1.87. The van der Waals surface area contributed by atoms with Crippen LogP contribution in [0.5, 0.6) is 0 Å². The zero-order valence-corrected chi connectivity index (χ0v) is 20.2. The standard InChI is InChI=1S/C22H19ClIN3O3S/c1-16(17-11-13-18(24)14-12-17)25-26-22(28)15-27(21-10-6-5-9-20(21)23)31(29,30)19-7-3-2-4-8-19/h2-14H,15H2,1H3,(H,26,28)/b25-16-. The van der Waals surface area contributed by atoms with Crippen LogP contribution in [0.2, 0.25) is 5.02 Å². The number of sulfonamides is 1. The van der Waals surface area contributed by atoms with Gasteiger partial charge in [-0.3, -0.25) is 9.10 Å². The topological polar surface area (TPSA) is 78.8 Å². The highest BCUT2D eigenvalue weighted by molar-refractivity contribution is 14.1. The van der Waals surface area contributed by atoms with E-state index in [0.717, 1.165) is 13.4 Å². The van der Waals surface area contributed by atoms with Crippen LogP contribution in [0.25, 0.3) is 0 Å². The van der Waals surface area contributed by atoms with Gasteiger partial charge in [0.2, 0.25) is 0 Å². The molecule has 0 unspecified atom stereocenters. The summed E-state index contributed by atoms with van der Waals surface area (Å²) < 4.78 is 28.6. The van der Waals surface area contributed by atoms with E-state index in [1.807, 2.05) is 24.3 Å². The molecule has 0 aromatic heterocycles. The molecule has 0 saturated carbocycles. The normalized spacial score (nSPS) is 11.8. The van der Waals surface area contributed by atoms with Gasteiger partial charge in [0, 0.05) is 3.57 Å². The molecule has 0 radical (unpaired) electrons. The highest BCUT2D eigenvalue weighted by Crippen LogP contribution is 2.30. The van der Waals surface area contributed by atoms with Gasteiger partial charge >= 0.3 is 0 Å². The summed E-state index contributed by atoms with van der Waals surface area (Å²) in [5, 5.41) is 4.32. The molecule has 0 aliphatic carbocycles. The number of para-hydroxylation sites is 1. The fraction of sp³-hybridized carbons (Fsp3) is 0.0909. The summed E-state index contributed by atoms with van der Waals surface area (Å²) in [6.07, 6.45) is 0. The van der Waals surface area contributed by atoms with Crippen LogP contribution < -0.4 is 9.73 Å². The van der Waals surface area contributed by atoms with Gasteiger partial charge in [0.15, 0.2) is 0 Å². The van der Waals surface area contributed by atoms with Crippen LogP contribution in [0.4, 0.5) is 5.69 Å². The lowest BCUT2D eigenvalue weighted by molar-refractivity contribution is -0.119. The zero-order chi connectivity index (χ0) is 22.4. The van der Waals surface area contributed by atoms with Gasteiger partial charge in [-0.15, -0.1) is 0 Å². The summed E-state index contributed by atoms with van der Waals surface area (Å²) in [6, 6.07) is 22.0. The van der Waals surface area contributed by atoms with E-state index in [2.05, 4.69) is 33.1 Å². The van der Waals surface area contributed by atoms with Crippen LogP contribution in [0, 0.1) is 3.57 Å². The number of nitrogens with one attached hydrogen (secondary N) is 1. The second-order valence-corrected chi connectivity index (χ2v) is 10.0. The number of halogens is 2. The monoisotopic (exact) mass is 567 g/mol. The van der Waals surface area contributed by atoms with Crippen molar-refractivity contribution < 1.29 is 13.2 Å². The molecule has 0 saturated heterocycles. The van der Waals surface area contributed by atoms with E-state index >= 15 is 0 Å². The largest absolute Gasteiger partial charge is 0.271 e. The quantitative estimate of drug-likeness (QED) is 0.256. The van der Waals surface area contributed by atoms with Crippen LogP contribution in [0.1, 0.15) is 12.5 Å². The van der Waals surface area contributed by atoms with Crippen molar-refractivity contribution >= 4 is 61.5 Å². The Labute approximate surface area is 200 Å². The lowest BCUT2D eigenvalue weighted by Gasteiger charge is -2.24. The Kier molecular flexibility index (Phi) is 7.69. The predicted octanol–water partition coefficient (Wildman–Crippen LogP) is 4.68. The first-order valence-corrected chi connectivity index (χ1v) is 12.1. The van der Waals surface area contributed by atoms with E-state index in [1.165, 1.54) is 12.1 Å². The lowest BCUT2D eigenvalue weighted by Crippen LogP contribution is -2.40. The number of rotatable bonds is 7. The molecule has 3 aromatic carbocycles. The highest BCUT2D eigenvalue weighted by atomic mass is 127. The molecule has 0 atom stereocenters. The number of carbonyl (C=O) groups excluding carboxylic acids is 1. The number of hydrogen-bond acceptors (Lipinski definition) is 4. The number of amides is 1. The number of nitrogens with zero attached hydrogens (tertiary/aromatic N) is 2. The van der Waals surface area contributed by atoms with Crippen LogP contribution in [-0.2, 0) is 14.8 Å². The molecule has 1 amide bonds. The van der Waals surface area contributed by atoms with Crippen LogP contribution in [-0.4, -0.2) is 26.6 Å². The smallest absolute Gasteiger partial charge is 0.264 e. The van der Waals surface area contributed by atoms with E-state index in [1.54, 1.807) is 49.4 Å². The van der Waals surface area contributed by atoms with Crippen molar-refractivity contribution in [3.05, 3.63) is 93.0 Å². The van der Waals surface area contributed by atoms with Crippen LogP contribution in [0.15, 0.2) is 88.9 Å². The van der Waals surface area contributed by atoms with Crippen molar-refractivity contribution in [1.82, 2.24) is 5.43 Å². The van der Waals surface area contributed by atoms with Crippen molar-refractivity contribution in [3.63, 3.8) is 0 Å². The maximum atomic E-state index is 13.3. The molecule has 3 aromatic rings. The SMILES string of the molecule is C/C(=N/NC(=O)CN(c1ccccc1Cl)S(=O)(=O)c1ccccc1)c1ccc(I)cc1. The average Bonchev–Trinajstić information content (AvgIpc) is 2.77. The van der Waals surface area contributed by atoms with Gasteiger partial charge in [0.25, 0.3) is 15.9 Å². The Morgan fingerprint density at radius 1 is 1.00 bits per heavy atom. The molecule has 1 N–H and O–H groups in total. The first-order chi connectivity index (χ1) is 14.8. The third-order valence-corrected chi connectivity index (χ3v) is 7.16. The highest BCUT2D eigenvalue weighted by Gasteiger charge is 2.28. The predicted molar refractivity (Wildman–Crippen MR) is 132 cm³/mol. The Morgan fingerprint density at radius 2 is 1.61 bits per heavy atom. The van der Waals surface area contributed by atoms with Crippen molar-refractivity contribution in [3.8, 4) is 0 Å². The molecule has 0 fully saturated rings. The van der Waals surface area contributed by atoms with Crippen molar-refractivity contribution in [2.75, 3.05) is 10.8 Å². The number of carbonyl (C=O) groups is 1. The fourth-order valence-electron chi connectivity index (χ4n) is 2.74. The molecule has 9 heteroatoms. The van der Waals surface area contributed by atoms with E-state index in [4.69, 9.17) is 11.6 Å². The Bertz CT molecular complexity index is 1200. The molecule has 31 heavy (non-hydrogen) atoms. The number of benzene rings is 3. The van der Waals surface area contributed by atoms with Crippen molar-refractivity contribution in [2.45, 2.75) is 11.8 Å². The average molecular weight is 568 g/mol. The number of anilines is 1. The van der Waals surface area contributed by atoms with Crippen molar-refractivity contribution in [2.24, 2.45) is 5.10 Å². The molecule has 6 nitrogen and oxygen atoms in total. The first kappa shape index (κ1) is 23.2. The summed E-state index contributed by atoms with van der Waals surface area (Å²) >= 11 is 8.45. The van der Waals surface area contributed by atoms with Gasteiger partial charge in [-0.05, 0) is 71.5 Å². The minimum atomic E-state index is -4.03. The van der Waals surface area contributed by atoms with E-state index in [9.17, 15) is 13.2 Å². The lowest BCUT2D eigenvalue weighted by atomic mass is 10.1. The zero-order valence-electron chi connectivity index (χ0n) is 16.5. The van der Waals surface area contributed by atoms with E-state index in [-0.39, 0.29) is 15.6 Å². The van der Waals surface area contributed by atoms with Crippen LogP contribution in [0.3, 0.4) is 0 Å². The Hall–Kier alpha value is -2.43. The molecular formula is C22H19ClIN3O3S. The molecule has 0 aliphatic heterocycles. The fourth-order valence-corrected chi connectivity index (χ4v) is 4.85. The van der Waals surface area contributed by atoms with Gasteiger partial charge in [-0.1, -0.05) is 54.1 Å². The minimum absolute atomic E-state index is 0.0568. The molecule has 0 heterocycles. The number of hydrazone groups is 1. The van der Waals surface area contributed by atoms with Gasteiger partial charge < -0.3 is 0 Å². The molecule has 160 valence electrons. The second kappa shape index (κ2) is 10.3. The molecular weight excluding hydrogens is 549 g/mol. The maximum Gasteiger partial charge on any atom is 0.264 e. The van der Waals surface area contributed by atoms with Gasteiger partial charge in [0.1, 0.15) is 6.54 Å².